The van der Waals surface area contributed by atoms with Crippen molar-refractivity contribution in [3.8, 4) is 0 Å². The van der Waals surface area contributed by atoms with Crippen molar-refractivity contribution in [1.29, 1.82) is 0 Å². The molecule has 2 rings (SSSR count). The van der Waals surface area contributed by atoms with E-state index in [0.717, 1.165) is 37.0 Å². The van der Waals surface area contributed by atoms with Crippen LogP contribution in [0.25, 0.3) is 0 Å². The van der Waals surface area contributed by atoms with Gasteiger partial charge in [0.25, 0.3) is 0 Å². The van der Waals surface area contributed by atoms with E-state index in [1.54, 1.807) is 0 Å². The van der Waals surface area contributed by atoms with Crippen LogP contribution in [0, 0.1) is 5.92 Å². The molecule has 0 spiro atoms. The zero-order chi connectivity index (χ0) is 12.3. The van der Waals surface area contributed by atoms with Crippen LogP contribution in [0.1, 0.15) is 51.9 Å². The number of rotatable bonds is 5. The summed E-state index contributed by atoms with van der Waals surface area (Å²) in [6.07, 6.45) is 8.09. The third-order valence-electron chi connectivity index (χ3n) is 3.82. The lowest BCUT2D eigenvalue weighted by atomic mass is 9.87. The number of carbonyl (C=O) groups excluding carboxylic acids is 1. The van der Waals surface area contributed by atoms with Crippen LogP contribution in [0.5, 0.6) is 0 Å². The monoisotopic (exact) mass is 238 g/mol. The minimum atomic E-state index is -0.179. The van der Waals surface area contributed by atoms with Gasteiger partial charge < -0.3 is 9.47 Å². The van der Waals surface area contributed by atoms with Crippen LogP contribution in [-0.2, 0) is 14.3 Å². The second kappa shape index (κ2) is 5.56. The Balaban J connectivity index is 2.08. The third kappa shape index (κ3) is 2.64. The Labute approximate surface area is 103 Å². The van der Waals surface area contributed by atoms with Gasteiger partial charge in [-0.2, -0.15) is 0 Å². The predicted octanol–water partition coefficient (Wildman–Crippen LogP) is 3.19. The van der Waals surface area contributed by atoms with Crippen molar-refractivity contribution in [2.24, 2.45) is 5.92 Å². The highest BCUT2D eigenvalue weighted by Gasteiger charge is 2.38. The molecule has 0 aromatic carbocycles. The summed E-state index contributed by atoms with van der Waals surface area (Å²) in [5.74, 6) is 1.10. The molecule has 96 valence electrons. The first-order valence-corrected chi connectivity index (χ1v) is 6.74. The van der Waals surface area contributed by atoms with E-state index in [-0.39, 0.29) is 5.97 Å². The van der Waals surface area contributed by atoms with Crippen LogP contribution in [0.4, 0.5) is 0 Å². The van der Waals surface area contributed by atoms with E-state index in [9.17, 15) is 4.79 Å². The summed E-state index contributed by atoms with van der Waals surface area (Å²) in [7, 11) is 1.46. The zero-order valence-corrected chi connectivity index (χ0v) is 10.8. The van der Waals surface area contributed by atoms with Crippen LogP contribution < -0.4 is 0 Å². The molecule has 0 aliphatic carbocycles. The fourth-order valence-electron chi connectivity index (χ4n) is 2.93. The molecule has 17 heavy (non-hydrogen) atoms. The lowest BCUT2D eigenvalue weighted by Crippen LogP contribution is -2.25. The second-order valence-electron chi connectivity index (χ2n) is 5.04. The molecular weight excluding hydrogens is 216 g/mol. The average molecular weight is 238 g/mol. The van der Waals surface area contributed by atoms with E-state index < -0.39 is 0 Å². The number of methoxy groups -OCH3 is 1. The molecule has 3 nitrogen and oxygen atoms in total. The molecule has 1 fully saturated rings. The maximum absolute atomic E-state index is 11.8. The van der Waals surface area contributed by atoms with Crippen LogP contribution in [-0.4, -0.2) is 19.2 Å². The number of ether oxygens (including phenoxy) is 2. The summed E-state index contributed by atoms with van der Waals surface area (Å²) in [4.78, 5) is 11.8. The standard InChI is InChI=1S/C14H22O3/c1-3-4-5-6-10-9-11-7-8-12(17-11)13(10)14(15)16-2/h10-11H,3-9H2,1-2H3. The molecule has 0 saturated carbocycles. The summed E-state index contributed by atoms with van der Waals surface area (Å²) in [5.41, 5.74) is 0.831. The third-order valence-corrected chi connectivity index (χ3v) is 3.82. The van der Waals surface area contributed by atoms with Crippen LogP contribution in [0.15, 0.2) is 11.3 Å². The van der Waals surface area contributed by atoms with Crippen LogP contribution in [0.2, 0.25) is 0 Å². The molecule has 0 radical (unpaired) electrons. The van der Waals surface area contributed by atoms with Gasteiger partial charge in [-0.3, -0.25) is 0 Å². The molecule has 2 unspecified atom stereocenters. The first kappa shape index (κ1) is 12.5. The minimum absolute atomic E-state index is 0.179. The smallest absolute Gasteiger partial charge is 0.337 e. The number of unbranched alkanes of at least 4 members (excludes halogenated alkanes) is 2. The molecule has 1 saturated heterocycles. The topological polar surface area (TPSA) is 35.5 Å². The van der Waals surface area contributed by atoms with E-state index in [2.05, 4.69) is 6.92 Å². The lowest BCUT2D eigenvalue weighted by molar-refractivity contribution is -0.137. The Hall–Kier alpha value is -0.990. The Bertz CT molecular complexity index is 319. The summed E-state index contributed by atoms with van der Waals surface area (Å²) >= 11 is 0. The summed E-state index contributed by atoms with van der Waals surface area (Å²) in [5, 5.41) is 0. The first-order valence-electron chi connectivity index (χ1n) is 6.74. The quantitative estimate of drug-likeness (QED) is 0.545. The van der Waals surface area contributed by atoms with Gasteiger partial charge in [0.15, 0.2) is 0 Å². The van der Waals surface area contributed by atoms with Crippen LogP contribution in [0.3, 0.4) is 0 Å². The molecule has 2 atom stereocenters. The van der Waals surface area contributed by atoms with Crippen molar-refractivity contribution < 1.29 is 14.3 Å². The Morgan fingerprint density at radius 3 is 3.00 bits per heavy atom. The first-order chi connectivity index (χ1) is 8.26. The fraction of sp³-hybridized carbons (Fsp3) is 0.786. The maximum atomic E-state index is 11.8. The van der Waals surface area contributed by atoms with Gasteiger partial charge in [0.1, 0.15) is 5.76 Å². The number of esters is 1. The summed E-state index contributed by atoms with van der Waals surface area (Å²) < 4.78 is 10.6. The molecule has 2 heterocycles. The largest absolute Gasteiger partial charge is 0.494 e. The molecular formula is C14H22O3. The normalized spacial score (nSPS) is 26.9. The zero-order valence-electron chi connectivity index (χ0n) is 10.8. The molecule has 0 aromatic rings. The molecule has 2 aliphatic rings. The van der Waals surface area contributed by atoms with E-state index in [0.29, 0.717) is 12.0 Å². The molecule has 2 bridgehead atoms. The Morgan fingerprint density at radius 1 is 1.47 bits per heavy atom. The van der Waals surface area contributed by atoms with E-state index >= 15 is 0 Å². The van der Waals surface area contributed by atoms with E-state index in [1.807, 2.05) is 0 Å². The molecule has 0 amide bonds. The Morgan fingerprint density at radius 2 is 2.29 bits per heavy atom. The number of hydrogen-bond acceptors (Lipinski definition) is 3. The van der Waals surface area contributed by atoms with Crippen molar-refractivity contribution in [2.45, 2.75) is 58.0 Å². The second-order valence-corrected chi connectivity index (χ2v) is 5.04. The summed E-state index contributed by atoms with van der Waals surface area (Å²) in [6, 6.07) is 0. The van der Waals surface area contributed by atoms with E-state index in [4.69, 9.17) is 9.47 Å². The van der Waals surface area contributed by atoms with Gasteiger partial charge in [0.05, 0.1) is 18.8 Å². The van der Waals surface area contributed by atoms with Gasteiger partial charge >= 0.3 is 5.97 Å². The van der Waals surface area contributed by atoms with Gasteiger partial charge in [-0.15, -0.1) is 0 Å². The van der Waals surface area contributed by atoms with Crippen molar-refractivity contribution >= 4 is 5.97 Å². The molecule has 3 heteroatoms. The predicted molar refractivity (Wildman–Crippen MR) is 65.4 cm³/mol. The number of fused-ring (bicyclic) bond motifs is 2. The highest BCUT2D eigenvalue weighted by Crippen LogP contribution is 2.41. The average Bonchev–Trinajstić information content (AvgIpc) is 2.71. The Kier molecular flexibility index (Phi) is 4.08. The lowest BCUT2D eigenvalue weighted by Gasteiger charge is -2.27. The van der Waals surface area contributed by atoms with E-state index in [1.165, 1.54) is 26.4 Å². The van der Waals surface area contributed by atoms with Crippen LogP contribution >= 0.6 is 0 Å². The van der Waals surface area contributed by atoms with Gasteiger partial charge in [-0.05, 0) is 25.2 Å². The van der Waals surface area contributed by atoms with Crippen molar-refractivity contribution in [2.75, 3.05) is 7.11 Å². The SMILES string of the molecule is CCCCCC1CC2CCC(=C1C(=O)OC)O2. The van der Waals surface area contributed by atoms with Gasteiger partial charge in [0, 0.05) is 6.42 Å². The molecule has 0 aromatic heterocycles. The van der Waals surface area contributed by atoms with Gasteiger partial charge in [-0.25, -0.2) is 4.79 Å². The molecule has 0 N–H and O–H groups in total. The number of allylic oxidation sites excluding steroid dienone is 1. The highest BCUT2D eigenvalue weighted by atomic mass is 16.5. The van der Waals surface area contributed by atoms with Gasteiger partial charge in [0.2, 0.25) is 0 Å². The van der Waals surface area contributed by atoms with Gasteiger partial charge in [-0.1, -0.05) is 26.2 Å². The van der Waals surface area contributed by atoms with Crippen molar-refractivity contribution in [3.63, 3.8) is 0 Å². The highest BCUT2D eigenvalue weighted by molar-refractivity contribution is 5.89. The summed E-state index contributed by atoms with van der Waals surface area (Å²) in [6.45, 7) is 2.20. The van der Waals surface area contributed by atoms with Crippen molar-refractivity contribution in [3.05, 3.63) is 11.3 Å². The molecule has 2 aliphatic heterocycles. The number of carbonyl (C=O) groups is 1. The fourth-order valence-corrected chi connectivity index (χ4v) is 2.93. The number of hydrogen-bond donors (Lipinski definition) is 0. The maximum Gasteiger partial charge on any atom is 0.337 e. The minimum Gasteiger partial charge on any atom is -0.494 e. The van der Waals surface area contributed by atoms with Crippen molar-refractivity contribution in [1.82, 2.24) is 0 Å².